The van der Waals surface area contributed by atoms with Crippen molar-refractivity contribution in [2.45, 2.75) is 18.7 Å². The Labute approximate surface area is 215 Å². The van der Waals surface area contributed by atoms with Gasteiger partial charge in [0.1, 0.15) is 6.54 Å². The fourth-order valence-corrected chi connectivity index (χ4v) is 5.55. The lowest BCUT2D eigenvalue weighted by molar-refractivity contribution is -0.119. The number of benzene rings is 3. The lowest BCUT2D eigenvalue weighted by atomic mass is 10.2. The molecule has 0 unspecified atom stereocenters. The molecule has 7 nitrogen and oxygen atoms in total. The summed E-state index contributed by atoms with van der Waals surface area (Å²) in [5, 5.41) is 4.70. The van der Waals surface area contributed by atoms with Crippen LogP contribution >= 0.6 is 11.6 Å². The Morgan fingerprint density at radius 2 is 1.58 bits per heavy atom. The SMILES string of the molecule is Cc1cc(/C=N\NC(=O)CN(c2ccccc2)S(=O)(=O)c2ccccc2)c(C)n1-c1ccccc1Cl. The van der Waals surface area contributed by atoms with E-state index in [1.807, 2.05) is 48.7 Å². The summed E-state index contributed by atoms with van der Waals surface area (Å²) in [7, 11) is -3.97. The second-order valence-corrected chi connectivity index (χ2v) is 10.3. The quantitative estimate of drug-likeness (QED) is 0.259. The third-order valence-corrected chi connectivity index (χ3v) is 7.73. The van der Waals surface area contributed by atoms with Gasteiger partial charge in [-0.05, 0) is 56.3 Å². The predicted molar refractivity (Wildman–Crippen MR) is 143 cm³/mol. The molecule has 1 N–H and O–H groups in total. The summed E-state index contributed by atoms with van der Waals surface area (Å²) in [6.07, 6.45) is 1.53. The molecule has 184 valence electrons. The topological polar surface area (TPSA) is 83.8 Å². The smallest absolute Gasteiger partial charge is 0.264 e. The van der Waals surface area contributed by atoms with Crippen LogP contribution in [0, 0.1) is 13.8 Å². The molecule has 0 saturated heterocycles. The third-order valence-electron chi connectivity index (χ3n) is 5.62. The molecule has 1 amide bonds. The summed E-state index contributed by atoms with van der Waals surface area (Å²) in [6, 6.07) is 26.0. The van der Waals surface area contributed by atoms with E-state index in [2.05, 4.69) is 10.5 Å². The number of amides is 1. The van der Waals surface area contributed by atoms with Crippen LogP contribution in [0.4, 0.5) is 5.69 Å². The fraction of sp³-hybridized carbons (Fsp3) is 0.111. The minimum absolute atomic E-state index is 0.0946. The van der Waals surface area contributed by atoms with E-state index in [9.17, 15) is 13.2 Å². The van der Waals surface area contributed by atoms with Crippen LogP contribution in [0.25, 0.3) is 5.69 Å². The number of carbonyl (C=O) groups excluding carboxylic acids is 1. The summed E-state index contributed by atoms with van der Waals surface area (Å²) in [5.41, 5.74) is 6.33. The molecule has 0 aliphatic rings. The molecule has 1 heterocycles. The number of hydrogen-bond acceptors (Lipinski definition) is 4. The number of nitrogens with zero attached hydrogens (tertiary/aromatic N) is 3. The van der Waals surface area contributed by atoms with Gasteiger partial charge in [-0.2, -0.15) is 5.10 Å². The van der Waals surface area contributed by atoms with Crippen molar-refractivity contribution in [3.8, 4) is 5.69 Å². The van der Waals surface area contributed by atoms with E-state index in [1.54, 1.807) is 48.5 Å². The van der Waals surface area contributed by atoms with Gasteiger partial charge in [0, 0.05) is 17.0 Å². The molecular weight excluding hydrogens is 496 g/mol. The minimum Gasteiger partial charge on any atom is -0.316 e. The second-order valence-electron chi connectivity index (χ2n) is 8.07. The van der Waals surface area contributed by atoms with Crippen LogP contribution in [0.15, 0.2) is 101 Å². The van der Waals surface area contributed by atoms with E-state index in [-0.39, 0.29) is 4.90 Å². The number of hydrogen-bond donors (Lipinski definition) is 1. The molecule has 3 aromatic carbocycles. The summed E-state index contributed by atoms with van der Waals surface area (Å²) < 4.78 is 29.7. The zero-order chi connectivity index (χ0) is 25.7. The van der Waals surface area contributed by atoms with Gasteiger partial charge in [0.15, 0.2) is 0 Å². The lowest BCUT2D eigenvalue weighted by Crippen LogP contribution is -2.39. The molecule has 9 heteroatoms. The van der Waals surface area contributed by atoms with Crippen molar-refractivity contribution >= 4 is 39.4 Å². The third kappa shape index (κ3) is 5.35. The van der Waals surface area contributed by atoms with Gasteiger partial charge in [0.2, 0.25) is 0 Å². The van der Waals surface area contributed by atoms with Crippen LogP contribution < -0.4 is 9.73 Å². The Hall–Kier alpha value is -3.88. The largest absolute Gasteiger partial charge is 0.316 e. The second kappa shape index (κ2) is 10.8. The maximum atomic E-state index is 13.3. The van der Waals surface area contributed by atoms with Gasteiger partial charge in [-0.15, -0.1) is 0 Å². The van der Waals surface area contributed by atoms with E-state index < -0.39 is 22.5 Å². The van der Waals surface area contributed by atoms with Gasteiger partial charge in [-0.25, -0.2) is 13.8 Å². The summed E-state index contributed by atoms with van der Waals surface area (Å²) in [5.74, 6) is -0.575. The van der Waals surface area contributed by atoms with E-state index in [0.717, 1.165) is 26.9 Å². The molecule has 0 bridgehead atoms. The lowest BCUT2D eigenvalue weighted by Gasteiger charge is -2.23. The molecular formula is C27H25ClN4O3S. The first-order chi connectivity index (χ1) is 17.3. The molecule has 0 spiro atoms. The average molecular weight is 521 g/mol. The van der Waals surface area contributed by atoms with Crippen LogP contribution in [0.5, 0.6) is 0 Å². The predicted octanol–water partition coefficient (Wildman–Crippen LogP) is 5.09. The minimum atomic E-state index is -3.97. The Morgan fingerprint density at radius 1 is 0.972 bits per heavy atom. The van der Waals surface area contributed by atoms with Crippen LogP contribution in [-0.2, 0) is 14.8 Å². The maximum absolute atomic E-state index is 13.3. The van der Waals surface area contributed by atoms with E-state index in [0.29, 0.717) is 10.7 Å². The Morgan fingerprint density at radius 3 is 2.25 bits per heavy atom. The number of nitrogens with one attached hydrogen (secondary N) is 1. The van der Waals surface area contributed by atoms with Crippen LogP contribution in [0.2, 0.25) is 5.02 Å². The number of para-hydroxylation sites is 2. The van der Waals surface area contributed by atoms with E-state index in [1.165, 1.54) is 18.3 Å². The molecule has 0 saturated carbocycles. The average Bonchev–Trinajstić information content (AvgIpc) is 3.16. The van der Waals surface area contributed by atoms with Gasteiger partial charge in [0.05, 0.1) is 27.5 Å². The Kier molecular flexibility index (Phi) is 7.57. The Bertz CT molecular complexity index is 1500. The zero-order valence-electron chi connectivity index (χ0n) is 19.8. The van der Waals surface area contributed by atoms with Gasteiger partial charge < -0.3 is 4.57 Å². The van der Waals surface area contributed by atoms with Crippen LogP contribution in [0.3, 0.4) is 0 Å². The molecule has 0 aliphatic carbocycles. The van der Waals surface area contributed by atoms with E-state index >= 15 is 0 Å². The van der Waals surface area contributed by atoms with Crippen molar-refractivity contribution in [2.24, 2.45) is 5.10 Å². The number of halogens is 1. The zero-order valence-corrected chi connectivity index (χ0v) is 21.4. The van der Waals surface area contributed by atoms with Crippen LogP contribution in [-0.4, -0.2) is 31.7 Å². The highest BCUT2D eigenvalue weighted by Crippen LogP contribution is 2.26. The molecule has 4 aromatic rings. The molecule has 0 fully saturated rings. The number of rotatable bonds is 8. The monoisotopic (exact) mass is 520 g/mol. The summed E-state index contributed by atoms with van der Waals surface area (Å²) in [6.45, 7) is 3.46. The maximum Gasteiger partial charge on any atom is 0.264 e. The summed E-state index contributed by atoms with van der Waals surface area (Å²) in [4.78, 5) is 12.9. The molecule has 4 rings (SSSR count). The molecule has 1 aromatic heterocycles. The first-order valence-electron chi connectivity index (χ1n) is 11.2. The van der Waals surface area contributed by atoms with E-state index in [4.69, 9.17) is 11.6 Å². The van der Waals surface area contributed by atoms with Gasteiger partial charge in [-0.3, -0.25) is 9.10 Å². The van der Waals surface area contributed by atoms with Crippen molar-refractivity contribution in [3.63, 3.8) is 0 Å². The molecule has 0 aliphatic heterocycles. The number of aryl methyl sites for hydroxylation is 1. The molecule has 0 atom stereocenters. The number of sulfonamides is 1. The summed E-state index contributed by atoms with van der Waals surface area (Å²) >= 11 is 6.37. The normalized spacial score (nSPS) is 11.5. The highest BCUT2D eigenvalue weighted by molar-refractivity contribution is 7.92. The van der Waals surface area contributed by atoms with Crippen molar-refractivity contribution < 1.29 is 13.2 Å². The number of anilines is 1. The first kappa shape index (κ1) is 25.2. The van der Waals surface area contributed by atoms with Gasteiger partial charge in [-0.1, -0.05) is 60.1 Å². The van der Waals surface area contributed by atoms with Crippen LogP contribution in [0.1, 0.15) is 17.0 Å². The first-order valence-corrected chi connectivity index (χ1v) is 13.0. The highest BCUT2D eigenvalue weighted by Gasteiger charge is 2.26. The molecule has 0 radical (unpaired) electrons. The molecule has 36 heavy (non-hydrogen) atoms. The number of carbonyl (C=O) groups is 1. The Balaban J connectivity index is 1.54. The van der Waals surface area contributed by atoms with Gasteiger partial charge in [0.25, 0.3) is 15.9 Å². The fourth-order valence-electron chi connectivity index (χ4n) is 3.89. The van der Waals surface area contributed by atoms with Crippen molar-refractivity contribution in [2.75, 3.05) is 10.8 Å². The van der Waals surface area contributed by atoms with Crippen molar-refractivity contribution in [3.05, 3.63) is 113 Å². The highest BCUT2D eigenvalue weighted by atomic mass is 35.5. The number of hydrazone groups is 1. The van der Waals surface area contributed by atoms with Gasteiger partial charge >= 0.3 is 0 Å². The van der Waals surface area contributed by atoms with Crippen molar-refractivity contribution in [1.29, 1.82) is 0 Å². The standard InChI is InChI=1S/C27H25ClN4O3S/c1-20-17-22(21(2)32(20)26-16-10-9-15-25(26)28)18-29-30-27(33)19-31(23-11-5-3-6-12-23)36(34,35)24-13-7-4-8-14-24/h3-18H,19H2,1-2H3,(H,30,33)/b29-18-. The number of aromatic nitrogens is 1. The van der Waals surface area contributed by atoms with Crippen molar-refractivity contribution in [1.82, 2.24) is 9.99 Å².